The highest BCUT2D eigenvalue weighted by Gasteiger charge is 2.09. The van der Waals surface area contributed by atoms with Gasteiger partial charge in [0.2, 0.25) is 0 Å². The van der Waals surface area contributed by atoms with E-state index in [1.54, 1.807) is 18.6 Å². The molecule has 0 amide bonds. The van der Waals surface area contributed by atoms with Crippen molar-refractivity contribution in [1.29, 1.82) is 0 Å². The summed E-state index contributed by atoms with van der Waals surface area (Å²) in [5.41, 5.74) is 5.78. The van der Waals surface area contributed by atoms with Gasteiger partial charge in [0.05, 0.1) is 24.7 Å². The van der Waals surface area contributed by atoms with Crippen LogP contribution < -0.4 is 0 Å². The summed E-state index contributed by atoms with van der Waals surface area (Å²) in [5, 5.41) is 20.4. The Labute approximate surface area is 171 Å². The highest BCUT2D eigenvalue weighted by atomic mass is 16.3. The van der Waals surface area contributed by atoms with Crippen molar-refractivity contribution >= 4 is 0 Å². The van der Waals surface area contributed by atoms with E-state index in [0.29, 0.717) is 12.8 Å². The molecule has 2 atom stereocenters. The molecule has 0 fully saturated rings. The third-order valence-electron chi connectivity index (χ3n) is 4.93. The second kappa shape index (κ2) is 13.4. The van der Waals surface area contributed by atoms with E-state index >= 15 is 0 Å². The highest BCUT2D eigenvalue weighted by Crippen LogP contribution is 2.20. The van der Waals surface area contributed by atoms with E-state index in [1.807, 2.05) is 13.0 Å². The van der Waals surface area contributed by atoms with Crippen LogP contribution in [0.4, 0.5) is 0 Å². The molecule has 3 nitrogen and oxygen atoms in total. The minimum absolute atomic E-state index is 0.474. The molecule has 0 spiro atoms. The van der Waals surface area contributed by atoms with E-state index in [0.717, 1.165) is 36.8 Å². The smallest absolute Gasteiger partial charge is 0.0960 e. The first-order valence-electron chi connectivity index (χ1n) is 10.3. The summed E-state index contributed by atoms with van der Waals surface area (Å²) >= 11 is 0. The zero-order chi connectivity index (χ0) is 20.9. The minimum atomic E-state index is -0.593. The molecular weight excluding hydrogens is 348 g/mol. The van der Waals surface area contributed by atoms with Gasteiger partial charge in [0.25, 0.3) is 0 Å². The standard InChI is InChI=1S/C25H38O3/c1-19(2)8-6-9-20(3)10-7-11-21(4)12-14-24(26)22(5)13-15-25(27)23-16-17-28-18-23/h8,10,12-13,16-18,24-27H,6-7,9,11,14-15H2,1-5H3/b20-10+,21-12+,22-13+. The molecule has 0 aromatic carbocycles. The molecule has 3 heteroatoms. The van der Waals surface area contributed by atoms with Crippen LogP contribution in [0.5, 0.6) is 0 Å². The SMILES string of the molecule is CC(C)=CCC/C(C)=C/CC/C(C)=C/CC(O)/C(C)=C/CC(O)c1ccoc1. The molecule has 0 aliphatic carbocycles. The van der Waals surface area contributed by atoms with Crippen LogP contribution in [0.2, 0.25) is 0 Å². The van der Waals surface area contributed by atoms with E-state index in [4.69, 9.17) is 4.42 Å². The molecule has 0 bridgehead atoms. The van der Waals surface area contributed by atoms with Crippen LogP contribution in [0, 0.1) is 0 Å². The van der Waals surface area contributed by atoms with Crippen molar-refractivity contribution in [2.45, 2.75) is 85.4 Å². The molecule has 0 saturated carbocycles. The van der Waals surface area contributed by atoms with E-state index in [-0.39, 0.29) is 0 Å². The summed E-state index contributed by atoms with van der Waals surface area (Å²) in [5.74, 6) is 0. The van der Waals surface area contributed by atoms with Crippen LogP contribution >= 0.6 is 0 Å². The van der Waals surface area contributed by atoms with Gasteiger partial charge in [0.1, 0.15) is 0 Å². The van der Waals surface area contributed by atoms with Crippen molar-refractivity contribution in [2.24, 2.45) is 0 Å². The molecule has 2 N–H and O–H groups in total. The lowest BCUT2D eigenvalue weighted by molar-refractivity contribution is 0.178. The van der Waals surface area contributed by atoms with Crippen LogP contribution in [-0.4, -0.2) is 16.3 Å². The first kappa shape index (κ1) is 24.2. The lowest BCUT2D eigenvalue weighted by Gasteiger charge is -2.11. The molecule has 0 saturated heterocycles. The molecule has 0 aliphatic heterocycles. The van der Waals surface area contributed by atoms with Gasteiger partial charge < -0.3 is 14.6 Å². The van der Waals surface area contributed by atoms with Crippen LogP contribution in [0.1, 0.15) is 84.8 Å². The van der Waals surface area contributed by atoms with Crippen molar-refractivity contribution in [3.8, 4) is 0 Å². The van der Waals surface area contributed by atoms with E-state index in [2.05, 4.69) is 45.9 Å². The van der Waals surface area contributed by atoms with Crippen LogP contribution in [0.3, 0.4) is 0 Å². The summed E-state index contributed by atoms with van der Waals surface area (Å²) in [4.78, 5) is 0. The van der Waals surface area contributed by atoms with E-state index < -0.39 is 12.2 Å². The number of hydrogen-bond donors (Lipinski definition) is 2. The van der Waals surface area contributed by atoms with Gasteiger partial charge in [-0.25, -0.2) is 0 Å². The first-order valence-corrected chi connectivity index (χ1v) is 10.3. The molecule has 2 unspecified atom stereocenters. The van der Waals surface area contributed by atoms with Gasteiger partial charge >= 0.3 is 0 Å². The molecule has 1 heterocycles. The molecule has 0 aliphatic rings. The number of hydrogen-bond acceptors (Lipinski definition) is 3. The minimum Gasteiger partial charge on any atom is -0.472 e. The van der Waals surface area contributed by atoms with Crippen LogP contribution in [0.25, 0.3) is 0 Å². The number of furan rings is 1. The van der Waals surface area contributed by atoms with Crippen molar-refractivity contribution in [2.75, 3.05) is 0 Å². The zero-order valence-electron chi connectivity index (χ0n) is 18.2. The maximum Gasteiger partial charge on any atom is 0.0960 e. The van der Waals surface area contributed by atoms with Gasteiger partial charge in [0, 0.05) is 5.56 Å². The Morgan fingerprint density at radius 3 is 2.14 bits per heavy atom. The first-order chi connectivity index (χ1) is 13.3. The number of aliphatic hydroxyl groups excluding tert-OH is 2. The number of aliphatic hydroxyl groups is 2. The Kier molecular flexibility index (Phi) is 11.5. The van der Waals surface area contributed by atoms with Gasteiger partial charge in [0.15, 0.2) is 0 Å². The fraction of sp³-hybridized carbons (Fsp3) is 0.520. The average Bonchev–Trinajstić information content (AvgIpc) is 3.18. The van der Waals surface area contributed by atoms with Crippen molar-refractivity contribution in [3.63, 3.8) is 0 Å². The summed E-state index contributed by atoms with van der Waals surface area (Å²) in [6, 6.07) is 1.76. The van der Waals surface area contributed by atoms with Gasteiger partial charge in [-0.2, -0.15) is 0 Å². The fourth-order valence-corrected chi connectivity index (χ4v) is 2.87. The second-order valence-electron chi connectivity index (χ2n) is 7.97. The van der Waals surface area contributed by atoms with Gasteiger partial charge in [-0.3, -0.25) is 0 Å². The quantitative estimate of drug-likeness (QED) is 0.388. The fourth-order valence-electron chi connectivity index (χ4n) is 2.87. The molecule has 1 aromatic heterocycles. The van der Waals surface area contributed by atoms with Gasteiger partial charge in [-0.1, -0.05) is 41.0 Å². The Morgan fingerprint density at radius 2 is 1.54 bits per heavy atom. The van der Waals surface area contributed by atoms with Gasteiger partial charge in [-0.15, -0.1) is 0 Å². The number of allylic oxidation sites excluding steroid dienone is 5. The lowest BCUT2D eigenvalue weighted by Crippen LogP contribution is -2.07. The predicted molar refractivity (Wildman–Crippen MR) is 118 cm³/mol. The van der Waals surface area contributed by atoms with Crippen LogP contribution in [-0.2, 0) is 0 Å². The summed E-state index contributed by atoms with van der Waals surface area (Å²) < 4.78 is 4.99. The lowest BCUT2D eigenvalue weighted by atomic mass is 10.0. The predicted octanol–water partition coefficient (Wildman–Crippen LogP) is 6.82. The Balaban J connectivity index is 2.36. The second-order valence-corrected chi connectivity index (χ2v) is 7.97. The van der Waals surface area contributed by atoms with Crippen molar-refractivity contribution in [3.05, 3.63) is 70.8 Å². The summed E-state index contributed by atoms with van der Waals surface area (Å²) in [7, 11) is 0. The van der Waals surface area contributed by atoms with Gasteiger partial charge in [-0.05, 0) is 84.8 Å². The zero-order valence-corrected chi connectivity index (χ0v) is 18.2. The van der Waals surface area contributed by atoms with Crippen LogP contribution in [0.15, 0.2) is 69.6 Å². The largest absolute Gasteiger partial charge is 0.472 e. The summed E-state index contributed by atoms with van der Waals surface area (Å²) in [6.45, 7) is 10.5. The third kappa shape index (κ3) is 10.5. The molecular formula is C25H38O3. The molecule has 156 valence electrons. The average molecular weight is 387 g/mol. The van der Waals surface area contributed by atoms with E-state index in [1.165, 1.54) is 16.7 Å². The Hall–Kier alpha value is -1.84. The molecule has 28 heavy (non-hydrogen) atoms. The Bertz CT molecular complexity index is 671. The number of rotatable bonds is 12. The van der Waals surface area contributed by atoms with Crippen molar-refractivity contribution < 1.29 is 14.6 Å². The third-order valence-corrected chi connectivity index (χ3v) is 4.93. The molecule has 1 aromatic rings. The Morgan fingerprint density at radius 1 is 0.893 bits per heavy atom. The maximum absolute atomic E-state index is 10.3. The molecule has 1 rings (SSSR count). The van der Waals surface area contributed by atoms with Crippen molar-refractivity contribution in [1.82, 2.24) is 0 Å². The molecule has 0 radical (unpaired) electrons. The summed E-state index contributed by atoms with van der Waals surface area (Å²) in [6.07, 6.45) is 16.0. The monoisotopic (exact) mass is 386 g/mol. The topological polar surface area (TPSA) is 53.6 Å². The van der Waals surface area contributed by atoms with E-state index in [9.17, 15) is 10.2 Å². The maximum atomic E-state index is 10.3. The highest BCUT2D eigenvalue weighted by molar-refractivity contribution is 5.14. The normalized spacial score (nSPS) is 15.5.